The van der Waals surface area contributed by atoms with Crippen LogP contribution in [0.1, 0.15) is 27.9 Å². The summed E-state index contributed by atoms with van der Waals surface area (Å²) in [5, 5.41) is 0. The average molecular weight is 261 g/mol. The Balaban J connectivity index is 2.27. The van der Waals surface area contributed by atoms with Gasteiger partial charge in [-0.15, -0.1) is 0 Å². The van der Waals surface area contributed by atoms with Crippen LogP contribution in [0.3, 0.4) is 0 Å². The topological polar surface area (TPSA) is 17.1 Å². The Hall–Kier alpha value is -1.15. The molecule has 0 unspecified atom stereocenters. The maximum absolute atomic E-state index is 11.8. The van der Waals surface area contributed by atoms with Crippen LogP contribution >= 0.6 is 15.9 Å². The Bertz CT molecular complexity index is 538. The molecule has 2 heteroatoms. The van der Waals surface area contributed by atoms with E-state index in [-0.39, 0.29) is 5.78 Å². The molecule has 0 aromatic heterocycles. The van der Waals surface area contributed by atoms with Crippen LogP contribution in [0.5, 0.6) is 0 Å². The first-order valence-corrected chi connectivity index (χ1v) is 5.70. The predicted molar refractivity (Wildman–Crippen MR) is 63.9 cm³/mol. The van der Waals surface area contributed by atoms with Crippen molar-refractivity contribution in [2.24, 2.45) is 0 Å². The van der Waals surface area contributed by atoms with Crippen molar-refractivity contribution in [3.05, 3.63) is 51.5 Å². The van der Waals surface area contributed by atoms with Crippen molar-refractivity contribution in [1.29, 1.82) is 0 Å². The molecule has 0 spiro atoms. The number of ketones is 1. The van der Waals surface area contributed by atoms with Gasteiger partial charge in [0.2, 0.25) is 0 Å². The zero-order valence-electron chi connectivity index (χ0n) is 8.14. The molecular weight excluding hydrogens is 252 g/mol. The number of fused-ring (bicyclic) bond motifs is 1. The highest BCUT2D eigenvalue weighted by atomic mass is 79.9. The van der Waals surface area contributed by atoms with Crippen molar-refractivity contribution in [2.75, 3.05) is 0 Å². The molecule has 0 fully saturated rings. The normalized spacial score (nSPS) is 17.8. The molecule has 0 aliphatic heterocycles. The third-order valence-electron chi connectivity index (χ3n) is 2.92. The maximum atomic E-state index is 11.8. The van der Waals surface area contributed by atoms with E-state index in [2.05, 4.69) is 34.7 Å². The standard InChI is InChI=1S/C13H9BrO/c1-7-4-11-10(8-2-3-8)5-9(14)6-12(11)13(7)15/h2,5-6H,1,3-4H2. The predicted octanol–water partition coefficient (Wildman–Crippen LogP) is 3.53. The Kier molecular flexibility index (Phi) is 1.77. The lowest BCUT2D eigenvalue weighted by atomic mass is 10.0. The first-order valence-electron chi connectivity index (χ1n) is 4.91. The fourth-order valence-corrected chi connectivity index (χ4v) is 2.53. The molecule has 3 rings (SSSR count). The molecule has 0 saturated heterocycles. The second-order valence-electron chi connectivity index (χ2n) is 4.02. The van der Waals surface area contributed by atoms with Gasteiger partial charge in [-0.25, -0.2) is 0 Å². The fourth-order valence-electron chi connectivity index (χ4n) is 2.07. The molecule has 1 nitrogen and oxygen atoms in total. The highest BCUT2D eigenvalue weighted by Gasteiger charge is 2.28. The minimum absolute atomic E-state index is 0.105. The Morgan fingerprint density at radius 2 is 1.93 bits per heavy atom. The zero-order chi connectivity index (χ0) is 10.6. The van der Waals surface area contributed by atoms with E-state index in [0.717, 1.165) is 22.0 Å². The molecule has 0 atom stereocenters. The summed E-state index contributed by atoms with van der Waals surface area (Å²) in [6.45, 7) is 3.82. The summed E-state index contributed by atoms with van der Waals surface area (Å²) in [7, 11) is 0. The van der Waals surface area contributed by atoms with Crippen molar-refractivity contribution < 1.29 is 4.79 Å². The number of halogens is 1. The number of allylic oxidation sites excluding steroid dienone is 3. The van der Waals surface area contributed by atoms with Crippen LogP contribution in [0, 0.1) is 0 Å². The molecule has 1 aromatic rings. The van der Waals surface area contributed by atoms with Crippen LogP contribution in [0.25, 0.3) is 5.57 Å². The molecule has 0 amide bonds. The van der Waals surface area contributed by atoms with Crippen molar-refractivity contribution in [3.8, 4) is 0 Å². The number of rotatable bonds is 1. The minimum atomic E-state index is 0.105. The Morgan fingerprint density at radius 3 is 2.60 bits per heavy atom. The van der Waals surface area contributed by atoms with Crippen molar-refractivity contribution in [1.82, 2.24) is 0 Å². The summed E-state index contributed by atoms with van der Waals surface area (Å²) in [6.07, 6.45) is 3.96. The van der Waals surface area contributed by atoms with Gasteiger partial charge >= 0.3 is 0 Å². The van der Waals surface area contributed by atoms with E-state index in [4.69, 9.17) is 0 Å². The summed E-state index contributed by atoms with van der Waals surface area (Å²) < 4.78 is 0.979. The molecule has 15 heavy (non-hydrogen) atoms. The van der Waals surface area contributed by atoms with E-state index in [9.17, 15) is 4.79 Å². The van der Waals surface area contributed by atoms with Gasteiger partial charge in [0.05, 0.1) is 0 Å². The number of hydrogen-bond acceptors (Lipinski definition) is 1. The van der Waals surface area contributed by atoms with E-state index < -0.39 is 0 Å². The lowest BCUT2D eigenvalue weighted by Gasteiger charge is -2.05. The van der Waals surface area contributed by atoms with Crippen molar-refractivity contribution in [2.45, 2.75) is 12.8 Å². The van der Waals surface area contributed by atoms with E-state index in [0.29, 0.717) is 12.0 Å². The largest absolute Gasteiger partial charge is 0.289 e. The summed E-state index contributed by atoms with van der Waals surface area (Å²) in [4.78, 5) is 11.8. The first kappa shape index (κ1) is 9.10. The molecule has 0 heterocycles. The van der Waals surface area contributed by atoms with Crippen LogP contribution in [0.2, 0.25) is 0 Å². The number of carbonyl (C=O) groups is 1. The Labute approximate surface area is 96.6 Å². The minimum Gasteiger partial charge on any atom is -0.289 e. The Morgan fingerprint density at radius 1 is 1.27 bits per heavy atom. The third kappa shape index (κ3) is 1.32. The summed E-state index contributed by atoms with van der Waals surface area (Å²) >= 11 is 3.45. The van der Waals surface area contributed by atoms with Gasteiger partial charge in [0.25, 0.3) is 0 Å². The van der Waals surface area contributed by atoms with Crippen LogP contribution in [0.4, 0.5) is 0 Å². The van der Waals surface area contributed by atoms with E-state index >= 15 is 0 Å². The van der Waals surface area contributed by atoms with Crippen LogP contribution in [-0.2, 0) is 6.42 Å². The second kappa shape index (κ2) is 2.92. The lowest BCUT2D eigenvalue weighted by Crippen LogP contribution is -1.94. The van der Waals surface area contributed by atoms with Gasteiger partial charge in [0.15, 0.2) is 5.78 Å². The molecule has 74 valence electrons. The van der Waals surface area contributed by atoms with Gasteiger partial charge in [-0.2, -0.15) is 0 Å². The second-order valence-corrected chi connectivity index (χ2v) is 4.94. The lowest BCUT2D eigenvalue weighted by molar-refractivity contribution is 0.104. The molecule has 0 N–H and O–H groups in total. The highest BCUT2D eigenvalue weighted by Crippen LogP contribution is 2.40. The van der Waals surface area contributed by atoms with Gasteiger partial charge in [-0.1, -0.05) is 28.6 Å². The summed E-state index contributed by atoms with van der Waals surface area (Å²) in [6, 6.07) is 4.01. The van der Waals surface area contributed by atoms with Crippen molar-refractivity contribution in [3.63, 3.8) is 0 Å². The van der Waals surface area contributed by atoms with E-state index in [1.165, 1.54) is 11.1 Å². The van der Waals surface area contributed by atoms with Gasteiger partial charge < -0.3 is 0 Å². The molecule has 0 bridgehead atoms. The van der Waals surface area contributed by atoms with E-state index in [1.807, 2.05) is 6.07 Å². The molecule has 2 aliphatic rings. The SMILES string of the molecule is C=C1Cc2c(cc(Br)cc2C2=CC2)C1=O. The molecule has 0 saturated carbocycles. The number of hydrogen-bond donors (Lipinski definition) is 0. The quantitative estimate of drug-likeness (QED) is 0.707. The maximum Gasteiger partial charge on any atom is 0.189 e. The smallest absolute Gasteiger partial charge is 0.189 e. The van der Waals surface area contributed by atoms with Crippen LogP contribution in [0.15, 0.2) is 34.8 Å². The number of Topliss-reactive ketones (excluding diaryl/α,β-unsaturated/α-hetero) is 1. The zero-order valence-corrected chi connectivity index (χ0v) is 9.73. The third-order valence-corrected chi connectivity index (χ3v) is 3.38. The number of benzene rings is 1. The highest BCUT2D eigenvalue weighted by molar-refractivity contribution is 9.10. The molecular formula is C13H9BrO. The van der Waals surface area contributed by atoms with Gasteiger partial charge in [-0.05, 0) is 40.8 Å². The summed E-state index contributed by atoms with van der Waals surface area (Å²) in [5.74, 6) is 0.105. The summed E-state index contributed by atoms with van der Waals surface area (Å²) in [5.41, 5.74) is 5.29. The van der Waals surface area contributed by atoms with Crippen LogP contribution < -0.4 is 0 Å². The van der Waals surface area contributed by atoms with Gasteiger partial charge in [0, 0.05) is 16.5 Å². The first-order chi connectivity index (χ1) is 7.16. The molecule has 2 aliphatic carbocycles. The molecule has 0 radical (unpaired) electrons. The van der Waals surface area contributed by atoms with Gasteiger partial charge in [0.1, 0.15) is 0 Å². The van der Waals surface area contributed by atoms with Crippen LogP contribution in [-0.4, -0.2) is 5.78 Å². The monoisotopic (exact) mass is 260 g/mol. The van der Waals surface area contributed by atoms with Gasteiger partial charge in [-0.3, -0.25) is 4.79 Å². The molecule has 1 aromatic carbocycles. The van der Waals surface area contributed by atoms with Crippen molar-refractivity contribution >= 4 is 27.3 Å². The van der Waals surface area contributed by atoms with E-state index in [1.54, 1.807) is 0 Å². The fraction of sp³-hybridized carbons (Fsp3) is 0.154. The number of carbonyl (C=O) groups excluding carboxylic acids is 1. The average Bonchev–Trinajstić information content (AvgIpc) is 2.98.